The molecule has 68 valence electrons. The fraction of sp³-hybridized carbons (Fsp3) is 0.667. The van der Waals surface area contributed by atoms with E-state index >= 15 is 0 Å². The van der Waals surface area contributed by atoms with Gasteiger partial charge in [-0.2, -0.15) is 0 Å². The lowest BCUT2D eigenvalue weighted by atomic mass is 9.75. The van der Waals surface area contributed by atoms with Gasteiger partial charge in [0.2, 0.25) is 0 Å². The molecule has 0 aromatic rings. The summed E-state index contributed by atoms with van der Waals surface area (Å²) < 4.78 is 1.15. The third kappa shape index (κ3) is 1.56. The van der Waals surface area contributed by atoms with Gasteiger partial charge in [0.15, 0.2) is 0 Å². The second-order valence-electron chi connectivity index (χ2n) is 3.85. The first-order valence-electron chi connectivity index (χ1n) is 4.15. The second kappa shape index (κ2) is 3.21. The van der Waals surface area contributed by atoms with Crippen LogP contribution in [0.4, 0.5) is 0 Å². The molecule has 0 saturated heterocycles. The highest BCUT2D eigenvalue weighted by molar-refractivity contribution is 9.11. The minimum atomic E-state index is 0.131. The summed E-state index contributed by atoms with van der Waals surface area (Å²) in [6.07, 6.45) is 2.67. The van der Waals surface area contributed by atoms with Crippen LogP contribution in [-0.2, 0) is 0 Å². The van der Waals surface area contributed by atoms with Gasteiger partial charge < -0.3 is 5.73 Å². The molecule has 2 N–H and O–H groups in total. The van der Waals surface area contributed by atoms with Crippen LogP contribution in [0.25, 0.3) is 0 Å². The largest absolute Gasteiger partial charge is 0.387 e. The standard InChI is InChI=1S/C9H15BrN2/c1-6(2)9(3)4-8(11)12-5-7(9)10/h5-6H,4H2,1-3H3,(H2,11,12). The van der Waals surface area contributed by atoms with E-state index in [1.807, 2.05) is 6.20 Å². The third-order valence-electron chi connectivity index (χ3n) is 2.71. The average molecular weight is 231 g/mol. The van der Waals surface area contributed by atoms with E-state index in [1.54, 1.807) is 0 Å². The van der Waals surface area contributed by atoms with Gasteiger partial charge >= 0.3 is 0 Å². The zero-order valence-electron chi connectivity index (χ0n) is 7.76. The van der Waals surface area contributed by atoms with Crippen molar-refractivity contribution < 1.29 is 0 Å². The maximum absolute atomic E-state index is 5.69. The van der Waals surface area contributed by atoms with Gasteiger partial charge in [-0.3, -0.25) is 0 Å². The van der Waals surface area contributed by atoms with Crippen LogP contribution >= 0.6 is 15.9 Å². The maximum Gasteiger partial charge on any atom is 0.0998 e. The number of nitrogens with two attached hydrogens (primary N) is 1. The number of nitrogens with zero attached hydrogens (tertiary/aromatic N) is 1. The van der Waals surface area contributed by atoms with E-state index in [0.29, 0.717) is 5.92 Å². The molecule has 0 aliphatic carbocycles. The first-order chi connectivity index (χ1) is 5.47. The predicted molar refractivity (Wildman–Crippen MR) is 56.2 cm³/mol. The zero-order chi connectivity index (χ0) is 9.35. The van der Waals surface area contributed by atoms with Crippen LogP contribution in [0.5, 0.6) is 0 Å². The molecular formula is C9H15BrN2. The molecule has 1 heterocycles. The fourth-order valence-electron chi connectivity index (χ4n) is 1.27. The van der Waals surface area contributed by atoms with E-state index in [4.69, 9.17) is 5.73 Å². The third-order valence-corrected chi connectivity index (χ3v) is 3.82. The Labute approximate surface area is 82.1 Å². The van der Waals surface area contributed by atoms with Crippen LogP contribution in [0.2, 0.25) is 0 Å². The van der Waals surface area contributed by atoms with Crippen LogP contribution < -0.4 is 5.73 Å². The van der Waals surface area contributed by atoms with Gasteiger partial charge in [-0.1, -0.05) is 36.7 Å². The molecule has 1 unspecified atom stereocenters. The molecule has 1 aliphatic rings. The summed E-state index contributed by atoms with van der Waals surface area (Å²) >= 11 is 3.54. The smallest absolute Gasteiger partial charge is 0.0998 e. The summed E-state index contributed by atoms with van der Waals surface area (Å²) in [6.45, 7) is 6.61. The lowest BCUT2D eigenvalue weighted by Gasteiger charge is -2.35. The van der Waals surface area contributed by atoms with Gasteiger partial charge in [-0.25, -0.2) is 4.99 Å². The van der Waals surface area contributed by atoms with Crippen molar-refractivity contribution in [3.05, 3.63) is 10.7 Å². The van der Waals surface area contributed by atoms with Gasteiger partial charge in [0.25, 0.3) is 0 Å². The Morgan fingerprint density at radius 2 is 2.25 bits per heavy atom. The van der Waals surface area contributed by atoms with E-state index < -0.39 is 0 Å². The highest BCUT2D eigenvalue weighted by Gasteiger charge is 2.34. The van der Waals surface area contributed by atoms with Crippen molar-refractivity contribution in [2.75, 3.05) is 0 Å². The van der Waals surface area contributed by atoms with Gasteiger partial charge in [-0.05, 0) is 5.92 Å². The minimum Gasteiger partial charge on any atom is -0.387 e. The van der Waals surface area contributed by atoms with E-state index in [1.165, 1.54) is 0 Å². The Kier molecular flexibility index (Phi) is 2.61. The van der Waals surface area contributed by atoms with E-state index in [-0.39, 0.29) is 5.41 Å². The number of halogens is 1. The fourth-order valence-corrected chi connectivity index (χ4v) is 1.97. The molecule has 0 spiro atoms. The minimum absolute atomic E-state index is 0.131. The number of aliphatic imine (C=N–C) groups is 1. The molecule has 0 saturated carbocycles. The number of hydrogen-bond donors (Lipinski definition) is 1. The van der Waals surface area contributed by atoms with Crippen molar-refractivity contribution in [1.82, 2.24) is 0 Å². The second-order valence-corrected chi connectivity index (χ2v) is 4.70. The van der Waals surface area contributed by atoms with Crippen molar-refractivity contribution in [3.8, 4) is 0 Å². The molecule has 1 rings (SSSR count). The Hall–Kier alpha value is -0.310. The van der Waals surface area contributed by atoms with Crippen LogP contribution in [0.3, 0.4) is 0 Å². The Balaban J connectivity index is 2.96. The lowest BCUT2D eigenvalue weighted by Crippen LogP contribution is -2.32. The van der Waals surface area contributed by atoms with Crippen molar-refractivity contribution in [1.29, 1.82) is 0 Å². The lowest BCUT2D eigenvalue weighted by molar-refractivity contribution is 0.301. The van der Waals surface area contributed by atoms with E-state index in [9.17, 15) is 0 Å². The Morgan fingerprint density at radius 3 is 2.67 bits per heavy atom. The molecule has 0 fully saturated rings. The van der Waals surface area contributed by atoms with Crippen LogP contribution in [0.1, 0.15) is 27.2 Å². The first-order valence-corrected chi connectivity index (χ1v) is 4.94. The van der Waals surface area contributed by atoms with Crippen LogP contribution in [-0.4, -0.2) is 5.84 Å². The molecule has 0 aromatic heterocycles. The summed E-state index contributed by atoms with van der Waals surface area (Å²) in [4.78, 5) is 4.07. The Morgan fingerprint density at radius 1 is 1.67 bits per heavy atom. The van der Waals surface area contributed by atoms with Gasteiger partial charge in [0.05, 0.1) is 5.84 Å². The van der Waals surface area contributed by atoms with Gasteiger partial charge in [0, 0.05) is 22.5 Å². The molecule has 0 aromatic carbocycles. The zero-order valence-corrected chi connectivity index (χ0v) is 9.35. The predicted octanol–water partition coefficient (Wildman–Crippen LogP) is 2.65. The SMILES string of the molecule is CC(C)C1(C)CC(N)=NC=C1Br. The summed E-state index contributed by atoms with van der Waals surface area (Å²) in [5.41, 5.74) is 5.83. The Bertz CT molecular complexity index is 243. The number of hydrogen-bond acceptors (Lipinski definition) is 2. The number of allylic oxidation sites excluding steroid dienone is 1. The normalized spacial score (nSPS) is 30.1. The summed E-state index contributed by atoms with van der Waals surface area (Å²) in [5, 5.41) is 0. The molecule has 3 heteroatoms. The summed E-state index contributed by atoms with van der Waals surface area (Å²) in [6, 6.07) is 0. The molecule has 2 nitrogen and oxygen atoms in total. The van der Waals surface area contributed by atoms with Gasteiger partial charge in [0.1, 0.15) is 0 Å². The highest BCUT2D eigenvalue weighted by Crippen LogP contribution is 2.43. The summed E-state index contributed by atoms with van der Waals surface area (Å²) in [5.74, 6) is 1.30. The maximum atomic E-state index is 5.69. The van der Waals surface area contributed by atoms with E-state index in [2.05, 4.69) is 41.7 Å². The van der Waals surface area contributed by atoms with Crippen molar-refractivity contribution >= 4 is 21.8 Å². The van der Waals surface area contributed by atoms with Crippen molar-refractivity contribution in [3.63, 3.8) is 0 Å². The highest BCUT2D eigenvalue weighted by atomic mass is 79.9. The monoisotopic (exact) mass is 230 g/mol. The molecule has 1 aliphatic heterocycles. The van der Waals surface area contributed by atoms with E-state index in [0.717, 1.165) is 16.7 Å². The van der Waals surface area contributed by atoms with Gasteiger partial charge in [-0.15, -0.1) is 0 Å². The quantitative estimate of drug-likeness (QED) is 0.740. The first kappa shape index (κ1) is 9.78. The number of rotatable bonds is 1. The van der Waals surface area contributed by atoms with Crippen molar-refractivity contribution in [2.45, 2.75) is 27.2 Å². The number of amidine groups is 1. The summed E-state index contributed by atoms with van der Waals surface area (Å²) in [7, 11) is 0. The molecule has 12 heavy (non-hydrogen) atoms. The molecule has 1 atom stereocenters. The molecule has 0 radical (unpaired) electrons. The van der Waals surface area contributed by atoms with Crippen molar-refractivity contribution in [2.24, 2.45) is 22.1 Å². The van der Waals surface area contributed by atoms with Crippen LogP contribution in [0, 0.1) is 11.3 Å². The molecule has 0 amide bonds. The molecule has 0 bridgehead atoms. The molecular weight excluding hydrogens is 216 g/mol. The van der Waals surface area contributed by atoms with Crippen LogP contribution in [0.15, 0.2) is 15.7 Å². The average Bonchev–Trinajstić information content (AvgIpc) is 1.97. The topological polar surface area (TPSA) is 38.4 Å².